The van der Waals surface area contributed by atoms with Crippen LogP contribution in [0, 0.1) is 5.92 Å². The van der Waals surface area contributed by atoms with Crippen molar-refractivity contribution in [3.8, 4) is 0 Å². The molecule has 2 saturated heterocycles. The number of hydrogen-bond acceptors (Lipinski definition) is 5. The number of carbonyl (C=O) groups is 3. The van der Waals surface area contributed by atoms with Gasteiger partial charge in [-0.1, -0.05) is 6.92 Å². The fraction of sp³-hybridized carbons (Fsp3) is 0.812. The first-order chi connectivity index (χ1) is 11.4. The molecular formula is C16H26N3O5+. The average molecular weight is 340 g/mol. The topological polar surface area (TPSA) is 100 Å². The second-order valence-corrected chi connectivity index (χ2v) is 7.41. The van der Waals surface area contributed by atoms with E-state index in [4.69, 9.17) is 4.74 Å². The van der Waals surface area contributed by atoms with Crippen LogP contribution in [0.5, 0.6) is 0 Å². The van der Waals surface area contributed by atoms with Gasteiger partial charge in [0, 0.05) is 6.42 Å². The SMILES string of the molecule is COC(=O)[C@@H]1C[C@@H](O)C[NH+]1CN1C(=O)NC2(CCC(C)CC2)C1=O. The maximum Gasteiger partial charge on any atom is 0.364 e. The van der Waals surface area contributed by atoms with Crippen molar-refractivity contribution >= 4 is 17.9 Å². The molecule has 2 heterocycles. The molecule has 0 radical (unpaired) electrons. The molecule has 24 heavy (non-hydrogen) atoms. The highest BCUT2D eigenvalue weighted by atomic mass is 16.5. The summed E-state index contributed by atoms with van der Waals surface area (Å²) in [4.78, 5) is 39.0. The minimum Gasteiger partial charge on any atom is -0.465 e. The van der Waals surface area contributed by atoms with E-state index in [2.05, 4.69) is 12.2 Å². The summed E-state index contributed by atoms with van der Waals surface area (Å²) in [7, 11) is 1.30. The second-order valence-electron chi connectivity index (χ2n) is 7.41. The lowest BCUT2D eigenvalue weighted by Gasteiger charge is -2.33. The number of nitrogens with one attached hydrogen (secondary N) is 2. The van der Waals surface area contributed by atoms with Crippen molar-refractivity contribution < 1.29 is 29.1 Å². The van der Waals surface area contributed by atoms with Crippen molar-refractivity contribution in [2.75, 3.05) is 20.3 Å². The second kappa shape index (κ2) is 6.33. The van der Waals surface area contributed by atoms with Gasteiger partial charge in [-0.2, -0.15) is 0 Å². The molecular weight excluding hydrogens is 314 g/mol. The van der Waals surface area contributed by atoms with Gasteiger partial charge in [0.15, 0.2) is 12.7 Å². The van der Waals surface area contributed by atoms with Crippen LogP contribution in [-0.4, -0.2) is 65.9 Å². The highest BCUT2D eigenvalue weighted by molar-refractivity contribution is 6.07. The summed E-state index contributed by atoms with van der Waals surface area (Å²) in [6, 6.07) is -0.944. The van der Waals surface area contributed by atoms with Gasteiger partial charge in [-0.25, -0.2) is 14.5 Å². The summed E-state index contributed by atoms with van der Waals surface area (Å²) in [6.45, 7) is 2.56. The molecule has 3 amide bonds. The molecule has 2 aliphatic heterocycles. The molecule has 134 valence electrons. The predicted molar refractivity (Wildman–Crippen MR) is 82.9 cm³/mol. The number of likely N-dealkylation sites (tertiary alicyclic amines) is 1. The average Bonchev–Trinajstić information content (AvgIpc) is 3.03. The Morgan fingerprint density at radius 1 is 1.42 bits per heavy atom. The standard InChI is InChI=1S/C16H25N3O5/c1-10-3-5-16(6-4-10)14(22)19(15(23)17-16)9-18-8-11(20)7-12(18)13(21)24-2/h10-12,20H,3-9H2,1-2H3,(H,17,23)/p+1/t10?,11-,12+,16?/m1/s1. The first-order valence-corrected chi connectivity index (χ1v) is 8.61. The summed E-state index contributed by atoms with van der Waals surface area (Å²) >= 11 is 0. The Kier molecular flexibility index (Phi) is 4.52. The summed E-state index contributed by atoms with van der Waals surface area (Å²) in [6.07, 6.45) is 2.81. The Labute approximate surface area is 141 Å². The predicted octanol–water partition coefficient (Wildman–Crippen LogP) is -1.36. The van der Waals surface area contributed by atoms with Crippen molar-refractivity contribution in [3.63, 3.8) is 0 Å². The van der Waals surface area contributed by atoms with Crippen LogP contribution in [0.2, 0.25) is 0 Å². The maximum absolute atomic E-state index is 12.9. The van der Waals surface area contributed by atoms with Crippen LogP contribution in [0.25, 0.3) is 0 Å². The van der Waals surface area contributed by atoms with Gasteiger partial charge in [-0.15, -0.1) is 0 Å². The molecule has 3 rings (SSSR count). The lowest BCUT2D eigenvalue weighted by molar-refractivity contribution is -0.912. The van der Waals surface area contributed by atoms with Gasteiger partial charge in [-0.05, 0) is 31.6 Å². The summed E-state index contributed by atoms with van der Waals surface area (Å²) in [5.41, 5.74) is -0.776. The molecule has 0 aromatic carbocycles. The van der Waals surface area contributed by atoms with E-state index in [0.29, 0.717) is 30.2 Å². The first kappa shape index (κ1) is 17.2. The molecule has 3 atom stereocenters. The third-order valence-electron chi connectivity index (χ3n) is 5.72. The lowest BCUT2D eigenvalue weighted by Crippen LogP contribution is -3.16. The van der Waals surface area contributed by atoms with Gasteiger partial charge in [0.25, 0.3) is 5.91 Å². The van der Waals surface area contributed by atoms with Crippen LogP contribution in [0.3, 0.4) is 0 Å². The molecule has 1 unspecified atom stereocenters. The Balaban J connectivity index is 1.72. The number of rotatable bonds is 3. The first-order valence-electron chi connectivity index (χ1n) is 8.61. The van der Waals surface area contributed by atoms with Crippen LogP contribution in [0.15, 0.2) is 0 Å². The number of methoxy groups -OCH3 is 1. The van der Waals surface area contributed by atoms with Crippen LogP contribution in [0.4, 0.5) is 4.79 Å². The van der Waals surface area contributed by atoms with Crippen molar-refractivity contribution in [3.05, 3.63) is 0 Å². The van der Waals surface area contributed by atoms with E-state index in [1.54, 1.807) is 0 Å². The third kappa shape index (κ3) is 2.88. The largest absolute Gasteiger partial charge is 0.465 e. The maximum atomic E-state index is 12.9. The van der Waals surface area contributed by atoms with E-state index < -0.39 is 29.7 Å². The van der Waals surface area contributed by atoms with Gasteiger partial charge < -0.3 is 20.1 Å². The van der Waals surface area contributed by atoms with Crippen molar-refractivity contribution in [2.24, 2.45) is 5.92 Å². The number of ether oxygens (including phenoxy) is 1. The minimum atomic E-state index is -0.776. The molecule has 1 saturated carbocycles. The van der Waals surface area contributed by atoms with Gasteiger partial charge in [-0.3, -0.25) is 4.79 Å². The van der Waals surface area contributed by atoms with Crippen molar-refractivity contribution in [1.82, 2.24) is 10.2 Å². The van der Waals surface area contributed by atoms with Crippen LogP contribution in [0.1, 0.15) is 39.0 Å². The van der Waals surface area contributed by atoms with E-state index in [9.17, 15) is 19.5 Å². The normalized spacial score (nSPS) is 39.4. The Morgan fingerprint density at radius 3 is 2.71 bits per heavy atom. The number of amides is 3. The Bertz CT molecular complexity index is 544. The third-order valence-corrected chi connectivity index (χ3v) is 5.72. The fourth-order valence-electron chi connectivity index (χ4n) is 4.16. The zero-order valence-electron chi connectivity index (χ0n) is 14.2. The number of nitrogens with zero attached hydrogens (tertiary/aromatic N) is 1. The molecule has 1 aliphatic carbocycles. The zero-order chi connectivity index (χ0) is 17.5. The minimum absolute atomic E-state index is 0.0821. The number of carbonyl (C=O) groups excluding carboxylic acids is 3. The van der Waals surface area contributed by atoms with Crippen LogP contribution >= 0.6 is 0 Å². The van der Waals surface area contributed by atoms with Crippen LogP contribution in [-0.2, 0) is 14.3 Å². The Hall–Kier alpha value is -1.67. The fourth-order valence-corrected chi connectivity index (χ4v) is 4.16. The molecule has 0 bridgehead atoms. The van der Waals surface area contributed by atoms with E-state index in [1.807, 2.05) is 0 Å². The number of aliphatic hydroxyl groups is 1. The van der Waals surface area contributed by atoms with E-state index in [0.717, 1.165) is 12.8 Å². The monoisotopic (exact) mass is 340 g/mol. The number of hydrogen-bond donors (Lipinski definition) is 3. The summed E-state index contributed by atoms with van der Waals surface area (Å²) < 4.78 is 4.78. The van der Waals surface area contributed by atoms with E-state index >= 15 is 0 Å². The molecule has 8 heteroatoms. The summed E-state index contributed by atoms with van der Waals surface area (Å²) in [5.74, 6) is -0.0517. The number of quaternary nitrogens is 1. The number of esters is 1. The molecule has 3 fully saturated rings. The molecule has 3 aliphatic rings. The van der Waals surface area contributed by atoms with Crippen LogP contribution < -0.4 is 10.2 Å². The number of imide groups is 1. The van der Waals surface area contributed by atoms with E-state index in [-0.39, 0.29) is 19.0 Å². The van der Waals surface area contributed by atoms with E-state index in [1.165, 1.54) is 12.0 Å². The molecule has 1 spiro atoms. The highest BCUT2D eigenvalue weighted by Crippen LogP contribution is 2.36. The summed E-state index contributed by atoms with van der Waals surface area (Å²) in [5, 5.41) is 12.7. The number of urea groups is 1. The van der Waals surface area contributed by atoms with Gasteiger partial charge >= 0.3 is 12.0 Å². The molecule has 0 aromatic heterocycles. The lowest BCUT2D eigenvalue weighted by atomic mass is 9.77. The Morgan fingerprint density at radius 2 is 2.08 bits per heavy atom. The molecule has 3 N–H and O–H groups in total. The smallest absolute Gasteiger partial charge is 0.364 e. The number of aliphatic hydroxyl groups excluding tert-OH is 1. The van der Waals surface area contributed by atoms with Crippen molar-refractivity contribution in [2.45, 2.75) is 56.7 Å². The quantitative estimate of drug-likeness (QED) is 0.435. The van der Waals surface area contributed by atoms with Crippen molar-refractivity contribution in [1.29, 1.82) is 0 Å². The molecule has 8 nitrogen and oxygen atoms in total. The highest BCUT2D eigenvalue weighted by Gasteiger charge is 2.54. The zero-order valence-corrected chi connectivity index (χ0v) is 14.2. The molecule has 0 aromatic rings. The van der Waals surface area contributed by atoms with Gasteiger partial charge in [0.1, 0.15) is 18.2 Å². The van der Waals surface area contributed by atoms with Gasteiger partial charge in [0.2, 0.25) is 0 Å². The van der Waals surface area contributed by atoms with Gasteiger partial charge in [0.05, 0.1) is 7.11 Å².